The molecular weight excluding hydrogens is 371 g/mol. The lowest BCUT2D eigenvalue weighted by atomic mass is 10.2. The van der Waals surface area contributed by atoms with Crippen molar-refractivity contribution < 1.29 is 14.3 Å². The summed E-state index contributed by atoms with van der Waals surface area (Å²) < 4.78 is 11.1. The number of amides is 1. The Labute approximate surface area is 153 Å². The molecule has 1 aromatic heterocycles. The molecule has 3 rings (SSSR count). The largest absolute Gasteiger partial charge is 0.485 e. The summed E-state index contributed by atoms with van der Waals surface area (Å²) >= 11 is 13.3. The van der Waals surface area contributed by atoms with E-state index in [0.29, 0.717) is 33.0 Å². The highest BCUT2D eigenvalue weighted by Crippen LogP contribution is 2.28. The smallest absolute Gasteiger partial charge is 0.270 e. The average molecular weight is 387 g/mol. The Bertz CT molecular complexity index is 717. The highest BCUT2D eigenvalue weighted by atomic mass is 35.5. The zero-order valence-corrected chi connectivity index (χ0v) is 15.1. The summed E-state index contributed by atoms with van der Waals surface area (Å²) in [5.74, 6) is 0.289. The van der Waals surface area contributed by atoms with E-state index in [9.17, 15) is 4.79 Å². The molecule has 128 valence electrons. The van der Waals surface area contributed by atoms with Crippen LogP contribution in [0.3, 0.4) is 0 Å². The van der Waals surface area contributed by atoms with Gasteiger partial charge in [0.05, 0.1) is 11.1 Å². The number of ether oxygens (including phenoxy) is 2. The van der Waals surface area contributed by atoms with Gasteiger partial charge in [-0.2, -0.15) is 0 Å². The Kier molecular flexibility index (Phi) is 5.94. The molecule has 0 aliphatic carbocycles. The third-order valence-electron chi connectivity index (χ3n) is 3.54. The first-order valence-corrected chi connectivity index (χ1v) is 9.17. The Balaban J connectivity index is 1.53. The van der Waals surface area contributed by atoms with Crippen molar-refractivity contribution in [2.75, 3.05) is 13.2 Å². The molecule has 24 heavy (non-hydrogen) atoms. The summed E-state index contributed by atoms with van der Waals surface area (Å²) in [4.78, 5) is 16.4. The number of rotatable bonds is 6. The quantitative estimate of drug-likeness (QED) is 0.816. The molecule has 8 heteroatoms. The molecule has 1 atom stereocenters. The first kappa shape index (κ1) is 17.5. The second-order valence-electron chi connectivity index (χ2n) is 5.33. The number of hydrogen-bond donors (Lipinski definition) is 1. The van der Waals surface area contributed by atoms with Gasteiger partial charge in [-0.1, -0.05) is 23.2 Å². The van der Waals surface area contributed by atoms with E-state index in [4.69, 9.17) is 32.7 Å². The van der Waals surface area contributed by atoms with Crippen molar-refractivity contribution in [2.45, 2.75) is 25.6 Å². The minimum Gasteiger partial charge on any atom is -0.485 e. The van der Waals surface area contributed by atoms with Crippen LogP contribution in [0.15, 0.2) is 23.6 Å². The fourth-order valence-corrected chi connectivity index (χ4v) is 3.33. The van der Waals surface area contributed by atoms with Crippen LogP contribution in [0, 0.1) is 0 Å². The number of aromatic nitrogens is 1. The van der Waals surface area contributed by atoms with Crippen LogP contribution < -0.4 is 10.1 Å². The van der Waals surface area contributed by atoms with Crippen molar-refractivity contribution in [1.82, 2.24) is 10.3 Å². The fourth-order valence-electron chi connectivity index (χ4n) is 2.31. The molecule has 2 aromatic rings. The number of benzene rings is 1. The number of nitrogens with zero attached hydrogens (tertiary/aromatic N) is 1. The molecule has 1 N–H and O–H groups in total. The van der Waals surface area contributed by atoms with Gasteiger partial charge in [-0.3, -0.25) is 4.79 Å². The molecule has 1 fully saturated rings. The zero-order chi connectivity index (χ0) is 16.9. The molecule has 1 aliphatic rings. The van der Waals surface area contributed by atoms with E-state index < -0.39 is 0 Å². The lowest BCUT2D eigenvalue weighted by Gasteiger charge is -2.09. The molecule has 0 saturated carbocycles. The second kappa shape index (κ2) is 8.16. The van der Waals surface area contributed by atoms with E-state index in [1.54, 1.807) is 23.6 Å². The molecule has 0 spiro atoms. The van der Waals surface area contributed by atoms with Gasteiger partial charge in [0.25, 0.3) is 5.91 Å². The normalized spacial score (nSPS) is 17.0. The van der Waals surface area contributed by atoms with Gasteiger partial charge in [-0.25, -0.2) is 4.98 Å². The highest BCUT2D eigenvalue weighted by Gasteiger charge is 2.18. The van der Waals surface area contributed by atoms with Crippen molar-refractivity contribution >= 4 is 40.4 Å². The predicted molar refractivity (Wildman–Crippen MR) is 94.2 cm³/mol. The second-order valence-corrected chi connectivity index (χ2v) is 7.12. The van der Waals surface area contributed by atoms with Crippen molar-refractivity contribution in [1.29, 1.82) is 0 Å². The molecule has 0 unspecified atom stereocenters. The maximum atomic E-state index is 12.1. The summed E-state index contributed by atoms with van der Waals surface area (Å²) in [7, 11) is 0. The topological polar surface area (TPSA) is 60.5 Å². The van der Waals surface area contributed by atoms with Crippen LogP contribution in [0.1, 0.15) is 28.3 Å². The summed E-state index contributed by atoms with van der Waals surface area (Å²) in [5.41, 5.74) is 0.383. The van der Waals surface area contributed by atoms with Crippen molar-refractivity contribution in [2.24, 2.45) is 0 Å². The molecule has 1 aliphatic heterocycles. The van der Waals surface area contributed by atoms with Crippen LogP contribution in [0.5, 0.6) is 5.75 Å². The van der Waals surface area contributed by atoms with Crippen LogP contribution in [0.25, 0.3) is 0 Å². The van der Waals surface area contributed by atoms with E-state index in [0.717, 1.165) is 19.4 Å². The van der Waals surface area contributed by atoms with Crippen LogP contribution in [0.4, 0.5) is 0 Å². The van der Waals surface area contributed by atoms with Crippen molar-refractivity contribution in [3.05, 3.63) is 44.3 Å². The molecule has 0 bridgehead atoms. The maximum absolute atomic E-state index is 12.1. The SMILES string of the molecule is O=C(NC[C@H]1CCCO1)c1csc(COc2cc(Cl)ccc2Cl)n1. The van der Waals surface area contributed by atoms with E-state index in [-0.39, 0.29) is 18.6 Å². The summed E-state index contributed by atoms with van der Waals surface area (Å²) in [6, 6.07) is 5.01. The first-order valence-electron chi connectivity index (χ1n) is 7.54. The number of carbonyl (C=O) groups is 1. The van der Waals surface area contributed by atoms with Gasteiger partial charge in [-0.05, 0) is 25.0 Å². The lowest BCUT2D eigenvalue weighted by Crippen LogP contribution is -2.31. The Morgan fingerprint density at radius 3 is 3.12 bits per heavy atom. The molecule has 1 aromatic carbocycles. The van der Waals surface area contributed by atoms with Gasteiger partial charge in [0, 0.05) is 29.6 Å². The molecule has 1 amide bonds. The van der Waals surface area contributed by atoms with Crippen LogP contribution in [-0.4, -0.2) is 30.1 Å². The Morgan fingerprint density at radius 2 is 2.33 bits per heavy atom. The van der Waals surface area contributed by atoms with Gasteiger partial charge in [0.2, 0.25) is 0 Å². The molecule has 1 saturated heterocycles. The maximum Gasteiger partial charge on any atom is 0.270 e. The van der Waals surface area contributed by atoms with E-state index in [1.165, 1.54) is 11.3 Å². The molecule has 5 nitrogen and oxygen atoms in total. The third kappa shape index (κ3) is 4.60. The molecular formula is C16H16Cl2N2O3S. The fraction of sp³-hybridized carbons (Fsp3) is 0.375. The Hall–Kier alpha value is -1.34. The van der Waals surface area contributed by atoms with E-state index in [2.05, 4.69) is 10.3 Å². The van der Waals surface area contributed by atoms with Crippen molar-refractivity contribution in [3.63, 3.8) is 0 Å². The van der Waals surface area contributed by atoms with Crippen LogP contribution in [0.2, 0.25) is 10.0 Å². The lowest BCUT2D eigenvalue weighted by molar-refractivity contribution is 0.0854. The summed E-state index contributed by atoms with van der Waals surface area (Å²) in [6.45, 7) is 1.51. The number of thiazole rings is 1. The van der Waals surface area contributed by atoms with Crippen LogP contribution in [-0.2, 0) is 11.3 Å². The average Bonchev–Trinajstić information content (AvgIpc) is 3.25. The first-order chi connectivity index (χ1) is 11.6. The third-order valence-corrected chi connectivity index (χ3v) is 4.91. The van der Waals surface area contributed by atoms with Gasteiger partial charge < -0.3 is 14.8 Å². The van der Waals surface area contributed by atoms with Gasteiger partial charge >= 0.3 is 0 Å². The minimum atomic E-state index is -0.200. The standard InChI is InChI=1S/C16H16Cl2N2O3S/c17-10-3-4-12(18)14(6-10)23-8-15-20-13(9-24-15)16(21)19-7-11-2-1-5-22-11/h3-4,6,9,11H,1-2,5,7-8H2,(H,19,21)/t11-/m1/s1. The predicted octanol–water partition coefficient (Wildman–Crippen LogP) is 3.94. The molecule has 0 radical (unpaired) electrons. The highest BCUT2D eigenvalue weighted by molar-refractivity contribution is 7.09. The van der Waals surface area contributed by atoms with Gasteiger partial charge in [0.15, 0.2) is 0 Å². The van der Waals surface area contributed by atoms with Crippen LogP contribution >= 0.6 is 34.5 Å². The number of carbonyl (C=O) groups excluding carboxylic acids is 1. The van der Waals surface area contributed by atoms with E-state index in [1.807, 2.05) is 0 Å². The van der Waals surface area contributed by atoms with Gasteiger partial charge in [0.1, 0.15) is 23.1 Å². The monoisotopic (exact) mass is 386 g/mol. The number of hydrogen-bond acceptors (Lipinski definition) is 5. The Morgan fingerprint density at radius 1 is 1.46 bits per heavy atom. The van der Waals surface area contributed by atoms with Gasteiger partial charge in [-0.15, -0.1) is 11.3 Å². The van der Waals surface area contributed by atoms with E-state index >= 15 is 0 Å². The minimum absolute atomic E-state index is 0.111. The zero-order valence-electron chi connectivity index (χ0n) is 12.8. The van der Waals surface area contributed by atoms with Crippen molar-refractivity contribution in [3.8, 4) is 5.75 Å². The summed E-state index contributed by atoms with van der Waals surface area (Å²) in [5, 5.41) is 6.27. The molecule has 2 heterocycles. The number of nitrogens with one attached hydrogen (secondary N) is 1. The summed E-state index contributed by atoms with van der Waals surface area (Å²) in [6.07, 6.45) is 2.14. The number of halogens is 2.